The van der Waals surface area contributed by atoms with Crippen molar-refractivity contribution in [1.29, 1.82) is 0 Å². The van der Waals surface area contributed by atoms with Crippen molar-refractivity contribution in [3.8, 4) is 0 Å². The van der Waals surface area contributed by atoms with Gasteiger partial charge in [0, 0.05) is 40.9 Å². The molecule has 1 aromatic rings. The van der Waals surface area contributed by atoms with Crippen molar-refractivity contribution in [1.82, 2.24) is 10.2 Å². The molecule has 17 heavy (non-hydrogen) atoms. The highest BCUT2D eigenvalue weighted by Gasteiger charge is 2.32. The summed E-state index contributed by atoms with van der Waals surface area (Å²) < 4.78 is 7.05. The van der Waals surface area contributed by atoms with Crippen LogP contribution < -0.4 is 5.32 Å². The van der Waals surface area contributed by atoms with E-state index in [1.165, 1.54) is 9.35 Å². The number of likely N-dealkylation sites (N-methyl/N-ethyl adjacent to an activating group) is 1. The second-order valence-corrected chi connectivity index (χ2v) is 6.78. The van der Waals surface area contributed by atoms with E-state index < -0.39 is 0 Å². The quantitative estimate of drug-likeness (QED) is 0.871. The van der Waals surface area contributed by atoms with E-state index in [4.69, 9.17) is 4.74 Å². The Bertz CT molecular complexity index is 365. The molecule has 0 aromatic carbocycles. The topological polar surface area (TPSA) is 24.5 Å². The van der Waals surface area contributed by atoms with Gasteiger partial charge in [0.15, 0.2) is 0 Å². The summed E-state index contributed by atoms with van der Waals surface area (Å²) in [5.74, 6) is 0. The van der Waals surface area contributed by atoms with Crippen molar-refractivity contribution in [2.75, 3.05) is 33.3 Å². The predicted octanol–water partition coefficient (Wildman–Crippen LogP) is 2.32. The number of hydrogen-bond donors (Lipinski definition) is 1. The first kappa shape index (κ1) is 13.5. The van der Waals surface area contributed by atoms with Gasteiger partial charge in [-0.1, -0.05) is 0 Å². The summed E-state index contributed by atoms with van der Waals surface area (Å²) in [6.45, 7) is 6.91. The third-order valence-corrected chi connectivity index (χ3v) is 4.65. The van der Waals surface area contributed by atoms with Crippen LogP contribution in [0.15, 0.2) is 15.9 Å². The Hall–Kier alpha value is 0.0600. The van der Waals surface area contributed by atoms with Crippen molar-refractivity contribution in [2.24, 2.45) is 0 Å². The average molecular weight is 319 g/mol. The maximum atomic E-state index is 5.87. The summed E-state index contributed by atoms with van der Waals surface area (Å²) in [6, 6.07) is 2.18. The molecule has 2 rings (SSSR count). The molecule has 1 aliphatic rings. The lowest BCUT2D eigenvalue weighted by Crippen LogP contribution is -2.59. The second-order valence-electron chi connectivity index (χ2n) is 4.87. The first-order valence-electron chi connectivity index (χ1n) is 5.84. The van der Waals surface area contributed by atoms with Crippen LogP contribution >= 0.6 is 27.3 Å². The van der Waals surface area contributed by atoms with E-state index in [1.807, 2.05) is 0 Å². The lowest BCUT2D eigenvalue weighted by atomic mass is 10.0. The fraction of sp³-hybridized carbons (Fsp3) is 0.667. The number of hydrogen-bond acceptors (Lipinski definition) is 4. The SMILES string of the molecule is CN(CCOC1(C)CNC1)Cc1cc(Br)cs1. The predicted molar refractivity (Wildman–Crippen MR) is 75.6 cm³/mol. The van der Waals surface area contributed by atoms with Gasteiger partial charge in [-0.05, 0) is 36.0 Å². The van der Waals surface area contributed by atoms with Crippen molar-refractivity contribution >= 4 is 27.3 Å². The van der Waals surface area contributed by atoms with E-state index in [9.17, 15) is 0 Å². The van der Waals surface area contributed by atoms with Crippen molar-refractivity contribution < 1.29 is 4.74 Å². The van der Waals surface area contributed by atoms with Gasteiger partial charge in [-0.15, -0.1) is 11.3 Å². The lowest BCUT2D eigenvalue weighted by Gasteiger charge is -2.39. The molecule has 0 amide bonds. The molecule has 1 aliphatic heterocycles. The number of rotatable bonds is 6. The molecule has 1 saturated heterocycles. The van der Waals surface area contributed by atoms with Crippen LogP contribution in [0.1, 0.15) is 11.8 Å². The van der Waals surface area contributed by atoms with Gasteiger partial charge in [0.2, 0.25) is 0 Å². The summed E-state index contributed by atoms with van der Waals surface area (Å²) in [5.41, 5.74) is 0.0762. The van der Waals surface area contributed by atoms with Crippen LogP contribution in [0.3, 0.4) is 0 Å². The zero-order chi connectivity index (χ0) is 12.3. The molecule has 0 atom stereocenters. The van der Waals surface area contributed by atoms with Crippen LogP contribution in [0.25, 0.3) is 0 Å². The Morgan fingerprint density at radius 3 is 2.88 bits per heavy atom. The van der Waals surface area contributed by atoms with Crippen LogP contribution in [0.4, 0.5) is 0 Å². The van der Waals surface area contributed by atoms with Crippen LogP contribution in [-0.2, 0) is 11.3 Å². The smallest absolute Gasteiger partial charge is 0.0902 e. The molecule has 96 valence electrons. The molecule has 0 spiro atoms. The molecule has 0 aliphatic carbocycles. The van der Waals surface area contributed by atoms with Gasteiger partial charge in [0.25, 0.3) is 0 Å². The highest BCUT2D eigenvalue weighted by atomic mass is 79.9. The van der Waals surface area contributed by atoms with Crippen LogP contribution in [0.2, 0.25) is 0 Å². The van der Waals surface area contributed by atoms with Gasteiger partial charge in [-0.3, -0.25) is 4.90 Å². The Morgan fingerprint density at radius 2 is 2.35 bits per heavy atom. The molecule has 5 heteroatoms. The molecule has 0 saturated carbocycles. The Morgan fingerprint density at radius 1 is 1.59 bits per heavy atom. The van der Waals surface area contributed by atoms with Crippen LogP contribution in [-0.4, -0.2) is 43.8 Å². The van der Waals surface area contributed by atoms with Gasteiger partial charge in [0.05, 0.1) is 12.2 Å². The maximum absolute atomic E-state index is 5.87. The molecule has 3 nitrogen and oxygen atoms in total. The second kappa shape index (κ2) is 5.80. The lowest BCUT2D eigenvalue weighted by molar-refractivity contribution is -0.0712. The highest BCUT2D eigenvalue weighted by Crippen LogP contribution is 2.21. The van der Waals surface area contributed by atoms with E-state index in [2.05, 4.69) is 51.6 Å². The minimum absolute atomic E-state index is 0.0762. The van der Waals surface area contributed by atoms with E-state index in [1.54, 1.807) is 11.3 Å². The minimum Gasteiger partial charge on any atom is -0.371 e. The standard InChI is InChI=1S/C12H19BrN2OS/c1-12(8-14-9-12)16-4-3-15(2)6-11-5-10(13)7-17-11/h5,7,14H,3-4,6,8-9H2,1-2H3. The molecule has 1 fully saturated rings. The summed E-state index contributed by atoms with van der Waals surface area (Å²) in [5, 5.41) is 5.37. The molecule has 1 N–H and O–H groups in total. The maximum Gasteiger partial charge on any atom is 0.0902 e. The van der Waals surface area contributed by atoms with Gasteiger partial charge >= 0.3 is 0 Å². The average Bonchev–Trinajstić information content (AvgIpc) is 2.61. The van der Waals surface area contributed by atoms with Crippen LogP contribution in [0, 0.1) is 0 Å². The molecule has 0 radical (unpaired) electrons. The number of ether oxygens (including phenoxy) is 1. The number of thiophene rings is 1. The summed E-state index contributed by atoms with van der Waals surface area (Å²) in [6.07, 6.45) is 0. The Labute approximate surface area is 115 Å². The molecule has 0 bridgehead atoms. The first-order chi connectivity index (χ1) is 8.07. The third-order valence-electron chi connectivity index (χ3n) is 2.97. The van der Waals surface area contributed by atoms with Gasteiger partial charge in [-0.2, -0.15) is 0 Å². The van der Waals surface area contributed by atoms with Crippen molar-refractivity contribution in [3.05, 3.63) is 20.8 Å². The monoisotopic (exact) mass is 318 g/mol. The van der Waals surface area contributed by atoms with E-state index >= 15 is 0 Å². The number of halogens is 1. The molecule has 1 aromatic heterocycles. The number of nitrogens with one attached hydrogen (secondary N) is 1. The summed E-state index contributed by atoms with van der Waals surface area (Å²) in [4.78, 5) is 3.68. The van der Waals surface area contributed by atoms with E-state index in [0.717, 1.165) is 32.8 Å². The van der Waals surface area contributed by atoms with Gasteiger partial charge < -0.3 is 10.1 Å². The molecule has 0 unspecified atom stereocenters. The normalized spacial score (nSPS) is 18.4. The molecular weight excluding hydrogens is 300 g/mol. The van der Waals surface area contributed by atoms with Gasteiger partial charge in [-0.25, -0.2) is 0 Å². The van der Waals surface area contributed by atoms with Gasteiger partial charge in [0.1, 0.15) is 0 Å². The van der Waals surface area contributed by atoms with Crippen molar-refractivity contribution in [2.45, 2.75) is 19.1 Å². The highest BCUT2D eigenvalue weighted by molar-refractivity contribution is 9.10. The third kappa shape index (κ3) is 4.03. The Balaban J connectivity index is 1.65. The van der Waals surface area contributed by atoms with E-state index in [-0.39, 0.29) is 5.60 Å². The fourth-order valence-electron chi connectivity index (χ4n) is 1.81. The summed E-state index contributed by atoms with van der Waals surface area (Å²) in [7, 11) is 2.14. The van der Waals surface area contributed by atoms with Crippen molar-refractivity contribution in [3.63, 3.8) is 0 Å². The largest absolute Gasteiger partial charge is 0.371 e. The zero-order valence-electron chi connectivity index (χ0n) is 10.3. The summed E-state index contributed by atoms with van der Waals surface area (Å²) >= 11 is 5.27. The molecule has 2 heterocycles. The Kier molecular flexibility index (Phi) is 4.60. The molecular formula is C12H19BrN2OS. The van der Waals surface area contributed by atoms with E-state index in [0.29, 0.717) is 0 Å². The first-order valence-corrected chi connectivity index (χ1v) is 7.51. The van der Waals surface area contributed by atoms with Crippen LogP contribution in [0.5, 0.6) is 0 Å². The number of nitrogens with zero attached hydrogens (tertiary/aromatic N) is 1. The fourth-order valence-corrected chi connectivity index (χ4v) is 3.34. The zero-order valence-corrected chi connectivity index (χ0v) is 12.7. The minimum atomic E-state index is 0.0762.